The van der Waals surface area contributed by atoms with Crippen LogP contribution in [0.5, 0.6) is 0 Å². The number of anilines is 1. The number of nitrogens with one attached hydrogen (secondary N) is 1. The molecule has 10 nitrogen and oxygen atoms in total. The number of hydrogen-bond donors (Lipinski definition) is 4. The Balaban J connectivity index is 1.67. The maximum absolute atomic E-state index is 10.3. The fourth-order valence-corrected chi connectivity index (χ4v) is 3.55. The van der Waals surface area contributed by atoms with Crippen molar-refractivity contribution in [1.29, 1.82) is 0 Å². The fraction of sp³-hybridized carbons (Fsp3) is 0.375. The van der Waals surface area contributed by atoms with Gasteiger partial charge in [0.05, 0.1) is 12.0 Å². The number of aliphatic hydroxyl groups excluding tert-OH is 3. The lowest BCUT2D eigenvalue weighted by atomic mass is 10.1. The molecule has 1 saturated heterocycles. The highest BCUT2D eigenvalue weighted by molar-refractivity contribution is 9.10. The maximum atomic E-state index is 10.3. The molecule has 3 aromatic heterocycles. The van der Waals surface area contributed by atoms with Crippen LogP contribution < -0.4 is 5.32 Å². The first-order valence-corrected chi connectivity index (χ1v) is 9.03. The van der Waals surface area contributed by atoms with Crippen molar-refractivity contribution in [2.75, 3.05) is 11.9 Å². The Morgan fingerprint density at radius 1 is 1.19 bits per heavy atom. The third-order valence-electron chi connectivity index (χ3n) is 4.41. The predicted octanol–water partition coefficient (Wildman–Crippen LogP) is 0.207. The fourth-order valence-electron chi connectivity index (χ4n) is 3.01. The summed E-state index contributed by atoms with van der Waals surface area (Å²) in [5.74, 6) is 0.557. The molecule has 0 spiro atoms. The molecule has 0 amide bonds. The van der Waals surface area contributed by atoms with Gasteiger partial charge in [0.2, 0.25) is 0 Å². The van der Waals surface area contributed by atoms with E-state index in [1.807, 2.05) is 12.1 Å². The summed E-state index contributed by atoms with van der Waals surface area (Å²) >= 11 is 3.40. The molecule has 27 heavy (non-hydrogen) atoms. The van der Waals surface area contributed by atoms with Gasteiger partial charge in [-0.15, -0.1) is 0 Å². The monoisotopic (exact) mass is 436 g/mol. The molecule has 4 rings (SSSR count). The predicted molar refractivity (Wildman–Crippen MR) is 97.6 cm³/mol. The van der Waals surface area contributed by atoms with Gasteiger partial charge in [0, 0.05) is 18.9 Å². The minimum Gasteiger partial charge on any atom is -0.394 e. The van der Waals surface area contributed by atoms with Crippen molar-refractivity contribution >= 4 is 32.8 Å². The molecule has 0 bridgehead atoms. The van der Waals surface area contributed by atoms with Gasteiger partial charge >= 0.3 is 0 Å². The Kier molecular flexibility index (Phi) is 5.02. The van der Waals surface area contributed by atoms with E-state index >= 15 is 0 Å². The molecule has 1 fully saturated rings. The van der Waals surface area contributed by atoms with Crippen molar-refractivity contribution < 1.29 is 20.1 Å². The molecule has 0 radical (unpaired) electrons. The third kappa shape index (κ3) is 3.28. The van der Waals surface area contributed by atoms with Crippen LogP contribution in [0.2, 0.25) is 0 Å². The van der Waals surface area contributed by atoms with Crippen molar-refractivity contribution in [1.82, 2.24) is 24.7 Å². The van der Waals surface area contributed by atoms with Crippen LogP contribution in [0.4, 0.5) is 5.82 Å². The van der Waals surface area contributed by atoms with E-state index in [0.717, 1.165) is 5.56 Å². The average molecular weight is 437 g/mol. The summed E-state index contributed by atoms with van der Waals surface area (Å²) in [6.07, 6.45) is 0.459. The standard InChI is InChI=1S/C16H17BrN6O4/c17-13-10-14(19-5-8-1-3-18-4-2-8)20-7-21-15(10)23(22-13)16-12(26)11(25)9(6-24)27-16/h1-4,7,9,11-12,16,24-26H,5-6H2,(H,19,20,21)/t9-,11+,12+,16+/m0/s1. The Morgan fingerprint density at radius 2 is 1.96 bits per heavy atom. The van der Waals surface area contributed by atoms with Gasteiger partial charge in [0.25, 0.3) is 0 Å². The topological polar surface area (TPSA) is 138 Å². The van der Waals surface area contributed by atoms with E-state index in [1.54, 1.807) is 12.4 Å². The molecule has 0 aromatic carbocycles. The minimum atomic E-state index is -1.25. The van der Waals surface area contributed by atoms with Crippen molar-refractivity contribution in [3.05, 3.63) is 41.0 Å². The Labute approximate surface area is 162 Å². The van der Waals surface area contributed by atoms with Gasteiger partial charge in [0.1, 0.15) is 35.1 Å². The zero-order valence-corrected chi connectivity index (χ0v) is 15.6. The van der Waals surface area contributed by atoms with Crippen molar-refractivity contribution in [3.8, 4) is 0 Å². The first-order valence-electron chi connectivity index (χ1n) is 8.24. The highest BCUT2D eigenvalue weighted by Crippen LogP contribution is 2.35. The second-order valence-corrected chi connectivity index (χ2v) is 6.85. The van der Waals surface area contributed by atoms with E-state index in [-0.39, 0.29) is 0 Å². The molecule has 1 aliphatic rings. The van der Waals surface area contributed by atoms with Crippen LogP contribution in [0.15, 0.2) is 35.5 Å². The van der Waals surface area contributed by atoms with Gasteiger partial charge in [-0.2, -0.15) is 5.10 Å². The lowest BCUT2D eigenvalue weighted by Crippen LogP contribution is -2.33. The SMILES string of the molecule is OC[C@@H]1O[C@@H](n2nc(Br)c3c(NCc4ccncc4)ncnc32)[C@H](O)[C@@H]1O. The molecule has 4 atom stereocenters. The van der Waals surface area contributed by atoms with E-state index in [9.17, 15) is 15.3 Å². The van der Waals surface area contributed by atoms with Crippen molar-refractivity contribution in [3.63, 3.8) is 0 Å². The molecule has 4 N–H and O–H groups in total. The second kappa shape index (κ2) is 7.44. The highest BCUT2D eigenvalue weighted by atomic mass is 79.9. The number of fused-ring (bicyclic) bond motifs is 1. The molecule has 0 unspecified atom stereocenters. The molecule has 142 valence electrons. The summed E-state index contributed by atoms with van der Waals surface area (Å²) in [6, 6.07) is 3.78. The smallest absolute Gasteiger partial charge is 0.181 e. The quantitative estimate of drug-likeness (QED) is 0.441. The molecule has 4 heterocycles. The van der Waals surface area contributed by atoms with E-state index in [4.69, 9.17) is 4.74 Å². The summed E-state index contributed by atoms with van der Waals surface area (Å²) in [6.45, 7) is 0.114. The second-order valence-electron chi connectivity index (χ2n) is 6.09. The van der Waals surface area contributed by atoms with Gasteiger partial charge in [0.15, 0.2) is 11.9 Å². The maximum Gasteiger partial charge on any atom is 0.181 e. The van der Waals surface area contributed by atoms with Gasteiger partial charge < -0.3 is 25.4 Å². The zero-order chi connectivity index (χ0) is 19.0. The molecule has 1 aliphatic heterocycles. The zero-order valence-electron chi connectivity index (χ0n) is 14.0. The molecule has 0 aliphatic carbocycles. The lowest BCUT2D eigenvalue weighted by molar-refractivity contribution is -0.0567. The van der Waals surface area contributed by atoms with E-state index in [1.165, 1.54) is 11.0 Å². The minimum absolute atomic E-state index is 0.414. The first kappa shape index (κ1) is 18.2. The molecule has 0 saturated carbocycles. The molecular formula is C16H17BrN6O4. The van der Waals surface area contributed by atoms with E-state index in [0.29, 0.717) is 28.0 Å². The summed E-state index contributed by atoms with van der Waals surface area (Å²) < 4.78 is 7.40. The molecule has 3 aromatic rings. The number of hydrogen-bond acceptors (Lipinski definition) is 9. The van der Waals surface area contributed by atoms with Gasteiger partial charge in [-0.25, -0.2) is 14.6 Å². The first-order chi connectivity index (χ1) is 13.1. The van der Waals surface area contributed by atoms with Gasteiger partial charge in [-0.1, -0.05) is 0 Å². The van der Waals surface area contributed by atoms with Crippen LogP contribution in [0.3, 0.4) is 0 Å². The summed E-state index contributed by atoms with van der Waals surface area (Å²) in [5.41, 5.74) is 1.45. The summed E-state index contributed by atoms with van der Waals surface area (Å²) in [7, 11) is 0. The van der Waals surface area contributed by atoms with Gasteiger partial charge in [-0.3, -0.25) is 4.98 Å². The van der Waals surface area contributed by atoms with Crippen molar-refractivity contribution in [2.24, 2.45) is 0 Å². The Morgan fingerprint density at radius 3 is 2.67 bits per heavy atom. The van der Waals surface area contributed by atoms with Gasteiger partial charge in [-0.05, 0) is 33.6 Å². The van der Waals surface area contributed by atoms with Crippen LogP contribution in [0.25, 0.3) is 11.0 Å². The average Bonchev–Trinajstić information content (AvgIpc) is 3.18. The normalized spacial score (nSPS) is 25.2. The summed E-state index contributed by atoms with van der Waals surface area (Å²) in [4.78, 5) is 12.5. The van der Waals surface area contributed by atoms with E-state index in [2.05, 4.69) is 41.3 Å². The number of rotatable bonds is 5. The Hall–Kier alpha value is -2.18. The number of halogens is 1. The van der Waals surface area contributed by atoms with Crippen molar-refractivity contribution in [2.45, 2.75) is 31.1 Å². The highest BCUT2D eigenvalue weighted by Gasteiger charge is 2.44. The number of ether oxygens (including phenoxy) is 1. The van der Waals surface area contributed by atoms with Crippen LogP contribution in [-0.2, 0) is 11.3 Å². The largest absolute Gasteiger partial charge is 0.394 e. The van der Waals surface area contributed by atoms with Crippen LogP contribution in [0.1, 0.15) is 11.8 Å². The summed E-state index contributed by atoms with van der Waals surface area (Å²) in [5, 5.41) is 37.7. The molecular weight excluding hydrogens is 420 g/mol. The molecule has 11 heteroatoms. The van der Waals surface area contributed by atoms with Crippen LogP contribution in [-0.4, -0.2) is 65.0 Å². The third-order valence-corrected chi connectivity index (χ3v) is 4.97. The Bertz CT molecular complexity index is 939. The number of aromatic nitrogens is 5. The lowest BCUT2D eigenvalue weighted by Gasteiger charge is -2.15. The van der Waals surface area contributed by atoms with Crippen LogP contribution in [0, 0.1) is 0 Å². The number of nitrogens with zero attached hydrogens (tertiary/aromatic N) is 5. The van der Waals surface area contributed by atoms with E-state index < -0.39 is 31.1 Å². The number of aliphatic hydroxyl groups is 3. The number of pyridine rings is 1. The van der Waals surface area contributed by atoms with Crippen LogP contribution >= 0.6 is 15.9 Å².